The van der Waals surface area contributed by atoms with Crippen molar-refractivity contribution in [1.82, 2.24) is 10.6 Å². The van der Waals surface area contributed by atoms with Crippen molar-refractivity contribution in [3.8, 4) is 0 Å². The second-order valence-corrected chi connectivity index (χ2v) is 14.2. The van der Waals surface area contributed by atoms with Gasteiger partial charge in [0.25, 0.3) is 0 Å². The van der Waals surface area contributed by atoms with Gasteiger partial charge in [-0.1, -0.05) is 73.6 Å². The summed E-state index contributed by atoms with van der Waals surface area (Å²) in [6.45, 7) is 14.4. The van der Waals surface area contributed by atoms with Crippen molar-refractivity contribution >= 4 is 23.8 Å². The molecule has 2 aliphatic carbocycles. The lowest BCUT2D eigenvalue weighted by Crippen LogP contribution is -2.36. The molecule has 0 heterocycles. The SMILES string of the molecule is CC(C)[C@@H]1CC[C@@H](C)C[C@H]1OC(=O)CCC(=O)NCCCCCCCNC(=O)CCC(=O)O[C@@H]1C[C@H](C)CC[C@H]1C(C)C. The van der Waals surface area contributed by atoms with E-state index in [9.17, 15) is 19.2 Å². The highest BCUT2D eigenvalue weighted by atomic mass is 16.5. The van der Waals surface area contributed by atoms with Gasteiger partial charge in [-0.2, -0.15) is 0 Å². The molecule has 8 heteroatoms. The van der Waals surface area contributed by atoms with Gasteiger partial charge in [-0.3, -0.25) is 19.2 Å². The maximum Gasteiger partial charge on any atom is 0.306 e. The largest absolute Gasteiger partial charge is 0.462 e. The third-order valence-electron chi connectivity index (χ3n) is 9.60. The van der Waals surface area contributed by atoms with Crippen molar-refractivity contribution in [2.75, 3.05) is 13.1 Å². The van der Waals surface area contributed by atoms with Crippen LogP contribution in [0.5, 0.6) is 0 Å². The maximum atomic E-state index is 12.4. The lowest BCUT2D eigenvalue weighted by Gasteiger charge is -2.36. The van der Waals surface area contributed by atoms with E-state index in [1.54, 1.807) is 0 Å². The van der Waals surface area contributed by atoms with Gasteiger partial charge in [0.1, 0.15) is 12.2 Å². The third kappa shape index (κ3) is 14.9. The highest BCUT2D eigenvalue weighted by Crippen LogP contribution is 2.36. The fraction of sp³-hybridized carbons (Fsp3) is 0.886. The summed E-state index contributed by atoms with van der Waals surface area (Å²) in [7, 11) is 0. The monoisotopic (exact) mass is 606 g/mol. The van der Waals surface area contributed by atoms with Gasteiger partial charge in [0.2, 0.25) is 11.8 Å². The van der Waals surface area contributed by atoms with Crippen LogP contribution in [0.25, 0.3) is 0 Å². The van der Waals surface area contributed by atoms with Gasteiger partial charge in [0.05, 0.1) is 12.8 Å². The van der Waals surface area contributed by atoms with Gasteiger partial charge in [-0.15, -0.1) is 0 Å². The summed E-state index contributed by atoms with van der Waals surface area (Å²) in [5, 5.41) is 5.82. The molecule has 0 bridgehead atoms. The summed E-state index contributed by atoms with van der Waals surface area (Å²) in [6, 6.07) is 0. The van der Waals surface area contributed by atoms with Gasteiger partial charge < -0.3 is 20.1 Å². The van der Waals surface area contributed by atoms with E-state index in [2.05, 4.69) is 52.2 Å². The summed E-state index contributed by atoms with van der Waals surface area (Å²) in [4.78, 5) is 49.1. The smallest absolute Gasteiger partial charge is 0.306 e. The molecule has 8 nitrogen and oxygen atoms in total. The third-order valence-corrected chi connectivity index (χ3v) is 9.60. The van der Waals surface area contributed by atoms with E-state index >= 15 is 0 Å². The summed E-state index contributed by atoms with van der Waals surface area (Å²) >= 11 is 0. The average Bonchev–Trinajstić information content (AvgIpc) is 2.93. The summed E-state index contributed by atoms with van der Waals surface area (Å²) in [5.74, 6) is 2.22. The van der Waals surface area contributed by atoms with Crippen molar-refractivity contribution < 1.29 is 28.7 Å². The van der Waals surface area contributed by atoms with Crippen molar-refractivity contribution in [2.45, 2.75) is 150 Å². The van der Waals surface area contributed by atoms with Crippen LogP contribution in [0.2, 0.25) is 0 Å². The second kappa shape index (κ2) is 20.0. The molecule has 2 aliphatic rings. The number of nitrogens with one attached hydrogen (secondary N) is 2. The number of ether oxygens (including phenoxy) is 2. The maximum absolute atomic E-state index is 12.4. The normalized spacial score (nSPS) is 25.8. The molecule has 43 heavy (non-hydrogen) atoms. The molecule has 2 amide bonds. The summed E-state index contributed by atoms with van der Waals surface area (Å²) in [6.07, 6.45) is 11.8. The van der Waals surface area contributed by atoms with Crippen LogP contribution in [0.4, 0.5) is 0 Å². The molecule has 0 aliphatic heterocycles. The van der Waals surface area contributed by atoms with Crippen molar-refractivity contribution in [3.63, 3.8) is 0 Å². The molecule has 2 fully saturated rings. The Balaban J connectivity index is 1.44. The van der Waals surface area contributed by atoms with Crippen molar-refractivity contribution in [2.24, 2.45) is 35.5 Å². The van der Waals surface area contributed by atoms with Gasteiger partial charge in [-0.25, -0.2) is 0 Å². The Morgan fingerprint density at radius 1 is 0.581 bits per heavy atom. The Bertz CT molecular complexity index is 791. The highest BCUT2D eigenvalue weighted by Gasteiger charge is 2.34. The number of esters is 2. The minimum Gasteiger partial charge on any atom is -0.462 e. The quantitative estimate of drug-likeness (QED) is 0.132. The van der Waals surface area contributed by atoms with Crippen LogP contribution in [-0.2, 0) is 28.7 Å². The fourth-order valence-electron chi connectivity index (χ4n) is 6.80. The van der Waals surface area contributed by atoms with E-state index in [1.807, 2.05) is 0 Å². The van der Waals surface area contributed by atoms with Gasteiger partial charge >= 0.3 is 11.9 Å². The molecule has 0 aromatic rings. The van der Waals surface area contributed by atoms with Crippen LogP contribution in [0.15, 0.2) is 0 Å². The molecular weight excluding hydrogens is 544 g/mol. The minimum atomic E-state index is -0.263. The molecule has 248 valence electrons. The molecule has 2 N–H and O–H groups in total. The lowest BCUT2D eigenvalue weighted by molar-refractivity contribution is -0.157. The number of unbranched alkanes of at least 4 members (excludes halogenated alkanes) is 4. The van der Waals surface area contributed by atoms with E-state index in [-0.39, 0.29) is 61.6 Å². The predicted octanol–water partition coefficient (Wildman–Crippen LogP) is 6.74. The summed E-state index contributed by atoms with van der Waals surface area (Å²) in [5.41, 5.74) is 0. The van der Waals surface area contributed by atoms with Gasteiger partial charge in [0, 0.05) is 25.9 Å². The Labute approximate surface area is 261 Å². The molecule has 0 aromatic carbocycles. The van der Waals surface area contributed by atoms with Crippen LogP contribution >= 0.6 is 0 Å². The number of rotatable bonds is 18. The van der Waals surface area contributed by atoms with Crippen LogP contribution < -0.4 is 10.6 Å². The van der Waals surface area contributed by atoms with Gasteiger partial charge in [0.15, 0.2) is 0 Å². The Kier molecular flexibility index (Phi) is 17.3. The fourth-order valence-corrected chi connectivity index (χ4v) is 6.80. The Morgan fingerprint density at radius 2 is 0.953 bits per heavy atom. The Morgan fingerprint density at radius 3 is 1.33 bits per heavy atom. The molecule has 2 rings (SSSR count). The zero-order valence-electron chi connectivity index (χ0n) is 28.1. The van der Waals surface area contributed by atoms with E-state index in [0.717, 1.165) is 57.8 Å². The van der Waals surface area contributed by atoms with Crippen LogP contribution in [0.1, 0.15) is 138 Å². The van der Waals surface area contributed by atoms with Crippen LogP contribution in [0.3, 0.4) is 0 Å². The molecular formula is C35H62N2O6. The number of hydrogen-bond donors (Lipinski definition) is 2. The van der Waals surface area contributed by atoms with E-state index < -0.39 is 0 Å². The Hall–Kier alpha value is -2.12. The van der Waals surface area contributed by atoms with Crippen LogP contribution in [-0.4, -0.2) is 49.1 Å². The second-order valence-electron chi connectivity index (χ2n) is 14.2. The zero-order chi connectivity index (χ0) is 31.8. The van der Waals surface area contributed by atoms with E-state index in [4.69, 9.17) is 9.47 Å². The zero-order valence-corrected chi connectivity index (χ0v) is 28.1. The van der Waals surface area contributed by atoms with Crippen LogP contribution in [0, 0.1) is 35.5 Å². The predicted molar refractivity (Wildman–Crippen MR) is 170 cm³/mol. The minimum absolute atomic E-state index is 0.0238. The first-order valence-electron chi connectivity index (χ1n) is 17.4. The molecule has 0 unspecified atom stereocenters. The van der Waals surface area contributed by atoms with Crippen molar-refractivity contribution in [1.29, 1.82) is 0 Å². The summed E-state index contributed by atoms with van der Waals surface area (Å²) < 4.78 is 11.6. The molecule has 0 saturated heterocycles. The van der Waals surface area contributed by atoms with Crippen molar-refractivity contribution in [3.05, 3.63) is 0 Å². The number of amides is 2. The first kappa shape index (κ1) is 37.1. The highest BCUT2D eigenvalue weighted by molar-refractivity contribution is 5.81. The number of carbonyl (C=O) groups is 4. The lowest BCUT2D eigenvalue weighted by atomic mass is 9.75. The van der Waals surface area contributed by atoms with Gasteiger partial charge in [-0.05, 0) is 74.0 Å². The number of carbonyl (C=O) groups excluding carboxylic acids is 4. The van der Waals surface area contributed by atoms with E-state index in [1.165, 1.54) is 12.8 Å². The number of hydrogen-bond acceptors (Lipinski definition) is 6. The topological polar surface area (TPSA) is 111 Å². The first-order chi connectivity index (χ1) is 20.5. The average molecular weight is 607 g/mol. The first-order valence-corrected chi connectivity index (χ1v) is 17.4. The molecule has 2 saturated carbocycles. The standard InChI is InChI=1S/C35H62N2O6/c1-24(2)28-14-12-26(5)22-30(28)42-34(40)18-16-32(38)36-20-10-8-7-9-11-21-37-33(39)17-19-35(41)43-31-23-27(6)13-15-29(31)25(3)4/h24-31H,7-23H2,1-6H3,(H,36,38)(H,37,39)/t26-,27-,28+,29+,30-,31-/m1/s1. The molecule has 6 atom stereocenters. The molecule has 0 aromatic heterocycles. The molecule has 0 spiro atoms. The van der Waals surface area contributed by atoms with E-state index in [0.29, 0.717) is 48.6 Å². The molecule has 0 radical (unpaired) electrons.